The normalized spacial score (nSPS) is 18.0. The summed E-state index contributed by atoms with van der Waals surface area (Å²) in [5.74, 6) is 0.304. The molecular weight excluding hydrogens is 390 g/mol. The van der Waals surface area contributed by atoms with Gasteiger partial charge in [-0.2, -0.15) is 4.31 Å². The first-order valence-electron chi connectivity index (χ1n) is 9.76. The van der Waals surface area contributed by atoms with E-state index in [4.69, 9.17) is 4.42 Å². The van der Waals surface area contributed by atoms with E-state index in [1.165, 1.54) is 4.31 Å². The van der Waals surface area contributed by atoms with Crippen molar-refractivity contribution < 1.29 is 17.6 Å². The minimum Gasteiger partial charge on any atom is -0.441 e. The van der Waals surface area contributed by atoms with Crippen molar-refractivity contribution in [2.45, 2.75) is 43.5 Å². The van der Waals surface area contributed by atoms with Crippen molar-refractivity contribution in [1.29, 1.82) is 0 Å². The Hall–Kier alpha value is -2.71. The molecule has 0 aliphatic carbocycles. The maximum Gasteiger partial charge on any atom is 0.243 e. The second kappa shape index (κ2) is 7.96. The van der Waals surface area contributed by atoms with Crippen LogP contribution in [0.1, 0.15) is 32.1 Å². The number of amides is 1. The number of fused-ring (bicyclic) bond motifs is 1. The molecule has 2 aromatic carbocycles. The predicted molar refractivity (Wildman–Crippen MR) is 110 cm³/mol. The molecule has 1 saturated heterocycles. The number of hydrogen-bond acceptors (Lipinski definition) is 5. The molecule has 0 bridgehead atoms. The molecule has 1 aromatic heterocycles. The Labute approximate surface area is 169 Å². The lowest BCUT2D eigenvalue weighted by Crippen LogP contribution is -2.49. The van der Waals surface area contributed by atoms with E-state index in [1.807, 2.05) is 6.92 Å². The second-order valence-electron chi connectivity index (χ2n) is 7.07. The van der Waals surface area contributed by atoms with E-state index in [1.54, 1.807) is 48.5 Å². The van der Waals surface area contributed by atoms with Crippen molar-refractivity contribution >= 4 is 32.7 Å². The second-order valence-corrected chi connectivity index (χ2v) is 8.96. The monoisotopic (exact) mass is 413 g/mol. The van der Waals surface area contributed by atoms with Gasteiger partial charge in [0, 0.05) is 18.7 Å². The van der Waals surface area contributed by atoms with Gasteiger partial charge in [0.1, 0.15) is 11.6 Å². The molecule has 152 valence electrons. The van der Waals surface area contributed by atoms with Gasteiger partial charge in [0.2, 0.25) is 15.9 Å². The Morgan fingerprint density at radius 2 is 2.00 bits per heavy atom. The number of nitrogens with one attached hydrogen (secondary N) is 1. The summed E-state index contributed by atoms with van der Waals surface area (Å²) in [6.07, 6.45) is 2.72. The van der Waals surface area contributed by atoms with E-state index in [2.05, 4.69) is 10.3 Å². The van der Waals surface area contributed by atoms with Crippen molar-refractivity contribution in [2.75, 3.05) is 11.9 Å². The van der Waals surface area contributed by atoms with Crippen LogP contribution in [0, 0.1) is 0 Å². The fourth-order valence-electron chi connectivity index (χ4n) is 3.61. The Balaban J connectivity index is 1.58. The maximum absolute atomic E-state index is 13.1. The van der Waals surface area contributed by atoms with Crippen molar-refractivity contribution in [1.82, 2.24) is 9.29 Å². The minimum atomic E-state index is -3.74. The quantitative estimate of drug-likeness (QED) is 0.690. The van der Waals surface area contributed by atoms with Crippen molar-refractivity contribution in [3.8, 4) is 0 Å². The van der Waals surface area contributed by atoms with E-state index in [0.29, 0.717) is 42.1 Å². The number of nitrogens with zero attached hydrogens (tertiary/aromatic N) is 2. The van der Waals surface area contributed by atoms with Crippen LogP contribution in [-0.2, 0) is 21.2 Å². The van der Waals surface area contributed by atoms with Crippen molar-refractivity contribution in [3.05, 3.63) is 54.4 Å². The van der Waals surface area contributed by atoms with Crippen molar-refractivity contribution in [3.63, 3.8) is 0 Å². The molecule has 4 rings (SSSR count). The molecule has 0 spiro atoms. The Kier molecular flexibility index (Phi) is 5.38. The number of aromatic nitrogens is 1. The molecule has 7 nitrogen and oxygen atoms in total. The van der Waals surface area contributed by atoms with Gasteiger partial charge in [-0.05, 0) is 43.2 Å². The average molecular weight is 413 g/mol. The molecule has 1 amide bonds. The number of oxazole rings is 1. The maximum atomic E-state index is 13.1. The fourth-order valence-corrected chi connectivity index (χ4v) is 5.29. The van der Waals surface area contributed by atoms with Gasteiger partial charge in [0.05, 0.1) is 4.90 Å². The highest BCUT2D eigenvalue weighted by atomic mass is 32.2. The zero-order valence-corrected chi connectivity index (χ0v) is 17.0. The first-order valence-corrected chi connectivity index (χ1v) is 11.2. The highest BCUT2D eigenvalue weighted by molar-refractivity contribution is 7.89. The van der Waals surface area contributed by atoms with Gasteiger partial charge < -0.3 is 9.73 Å². The van der Waals surface area contributed by atoms with Gasteiger partial charge in [-0.15, -0.1) is 0 Å². The fraction of sp³-hybridized carbons (Fsp3) is 0.333. The number of carbonyl (C=O) groups excluding carboxylic acids is 1. The largest absolute Gasteiger partial charge is 0.441 e. The molecule has 3 aromatic rings. The van der Waals surface area contributed by atoms with Crippen LogP contribution >= 0.6 is 0 Å². The molecule has 1 atom stereocenters. The number of aryl methyl sites for hydroxylation is 1. The molecule has 1 unspecified atom stereocenters. The first-order chi connectivity index (χ1) is 14.0. The first kappa shape index (κ1) is 19.6. The summed E-state index contributed by atoms with van der Waals surface area (Å²) in [7, 11) is -3.74. The molecule has 8 heteroatoms. The summed E-state index contributed by atoms with van der Waals surface area (Å²) in [6, 6.07) is 12.8. The molecule has 0 radical (unpaired) electrons. The predicted octanol–water partition coefficient (Wildman–Crippen LogP) is 3.57. The third kappa shape index (κ3) is 3.90. The summed E-state index contributed by atoms with van der Waals surface area (Å²) in [5.41, 5.74) is 1.89. The average Bonchev–Trinajstić information content (AvgIpc) is 3.17. The highest BCUT2D eigenvalue weighted by Crippen LogP contribution is 2.27. The highest BCUT2D eigenvalue weighted by Gasteiger charge is 2.37. The summed E-state index contributed by atoms with van der Waals surface area (Å²) in [5, 5.41) is 2.86. The smallest absolute Gasteiger partial charge is 0.243 e. The molecule has 29 heavy (non-hydrogen) atoms. The number of hydrogen-bond donors (Lipinski definition) is 1. The van der Waals surface area contributed by atoms with Crippen LogP contribution in [0.15, 0.2) is 57.8 Å². The lowest BCUT2D eigenvalue weighted by Gasteiger charge is -2.33. The molecule has 1 fully saturated rings. The zero-order valence-electron chi connectivity index (χ0n) is 16.2. The number of anilines is 1. The summed E-state index contributed by atoms with van der Waals surface area (Å²) in [6.45, 7) is 2.29. The van der Waals surface area contributed by atoms with Crippen LogP contribution in [0.2, 0.25) is 0 Å². The van der Waals surface area contributed by atoms with E-state index in [9.17, 15) is 13.2 Å². The number of piperidine rings is 1. The standard InChI is InChI=1S/C21H23N3O4S/c1-2-20-23-17-14-15(11-12-19(17)28-20)22-21(25)18-10-6-7-13-24(18)29(26,27)16-8-4-3-5-9-16/h3-5,8-9,11-12,14,18H,2,6-7,10,13H2,1H3,(H,22,25). The molecule has 1 aliphatic heterocycles. The van der Waals surface area contributed by atoms with Gasteiger partial charge in [-0.25, -0.2) is 13.4 Å². The summed E-state index contributed by atoms with van der Waals surface area (Å²) >= 11 is 0. The third-order valence-corrected chi connectivity index (χ3v) is 7.03. The third-order valence-electron chi connectivity index (χ3n) is 5.11. The number of carbonyl (C=O) groups is 1. The molecule has 1 N–H and O–H groups in total. The summed E-state index contributed by atoms with van der Waals surface area (Å²) < 4.78 is 33.1. The molecular formula is C21H23N3O4S. The van der Waals surface area contributed by atoms with Gasteiger partial charge >= 0.3 is 0 Å². The van der Waals surface area contributed by atoms with Gasteiger partial charge in [-0.1, -0.05) is 31.5 Å². The number of sulfonamides is 1. The molecule has 1 aliphatic rings. The topological polar surface area (TPSA) is 92.5 Å². The van der Waals surface area contributed by atoms with Gasteiger partial charge in [0.25, 0.3) is 0 Å². The minimum absolute atomic E-state index is 0.204. The molecule has 2 heterocycles. The van der Waals surface area contributed by atoms with Crippen LogP contribution < -0.4 is 5.32 Å². The van der Waals surface area contributed by atoms with Gasteiger partial charge in [0.15, 0.2) is 11.5 Å². The number of rotatable bonds is 5. The lowest BCUT2D eigenvalue weighted by atomic mass is 10.0. The molecule has 0 saturated carbocycles. The zero-order chi connectivity index (χ0) is 20.4. The van der Waals surface area contributed by atoms with E-state index in [-0.39, 0.29) is 10.8 Å². The Morgan fingerprint density at radius 3 is 2.76 bits per heavy atom. The summed E-state index contributed by atoms with van der Waals surface area (Å²) in [4.78, 5) is 17.6. The SMILES string of the molecule is CCc1nc2cc(NC(=O)C3CCCCN3S(=O)(=O)c3ccccc3)ccc2o1. The van der Waals surface area contributed by atoms with Crippen LogP contribution in [0.4, 0.5) is 5.69 Å². The Morgan fingerprint density at radius 1 is 1.21 bits per heavy atom. The number of benzene rings is 2. The van der Waals surface area contributed by atoms with Crippen LogP contribution in [0.3, 0.4) is 0 Å². The van der Waals surface area contributed by atoms with E-state index < -0.39 is 16.1 Å². The van der Waals surface area contributed by atoms with Gasteiger partial charge in [-0.3, -0.25) is 4.79 Å². The van der Waals surface area contributed by atoms with E-state index >= 15 is 0 Å². The van der Waals surface area contributed by atoms with Crippen LogP contribution in [0.25, 0.3) is 11.1 Å². The van der Waals surface area contributed by atoms with Crippen molar-refractivity contribution in [2.24, 2.45) is 0 Å². The Bertz CT molecular complexity index is 1130. The van der Waals surface area contributed by atoms with Crippen LogP contribution in [0.5, 0.6) is 0 Å². The van der Waals surface area contributed by atoms with Crippen LogP contribution in [-0.4, -0.2) is 36.2 Å². The van der Waals surface area contributed by atoms with E-state index in [0.717, 1.165) is 12.8 Å². The lowest BCUT2D eigenvalue weighted by molar-refractivity contribution is -0.120.